The van der Waals surface area contributed by atoms with Gasteiger partial charge in [-0.3, -0.25) is 4.68 Å². The smallest absolute Gasteiger partial charge is 0.0719 e. The third-order valence-electron chi connectivity index (χ3n) is 1.18. The van der Waals surface area contributed by atoms with Gasteiger partial charge < -0.3 is 10.5 Å². The minimum absolute atomic E-state index is 0.668. The maximum Gasteiger partial charge on any atom is 0.0719 e. The van der Waals surface area contributed by atoms with Gasteiger partial charge in [-0.25, -0.2) is 0 Å². The largest absolute Gasteiger partial charge is 0.396 e. The van der Waals surface area contributed by atoms with E-state index in [1.54, 1.807) is 24.2 Å². The molecule has 0 atom stereocenters. The van der Waals surface area contributed by atoms with E-state index in [-0.39, 0.29) is 0 Å². The molecular formula is C6H11N3O. The maximum absolute atomic E-state index is 5.43. The van der Waals surface area contributed by atoms with Crippen LogP contribution in [0.15, 0.2) is 12.4 Å². The molecule has 0 aliphatic rings. The topological polar surface area (TPSA) is 53.1 Å². The van der Waals surface area contributed by atoms with E-state index < -0.39 is 0 Å². The molecule has 56 valence electrons. The van der Waals surface area contributed by atoms with Gasteiger partial charge >= 0.3 is 0 Å². The first kappa shape index (κ1) is 7.08. The Balaban J connectivity index is 2.42. The number of ether oxygens (including phenoxy) is 1. The summed E-state index contributed by atoms with van der Waals surface area (Å²) in [6.45, 7) is 1.43. The van der Waals surface area contributed by atoms with Crippen molar-refractivity contribution in [1.29, 1.82) is 0 Å². The fraction of sp³-hybridized carbons (Fsp3) is 0.500. The van der Waals surface area contributed by atoms with Crippen LogP contribution in [0.2, 0.25) is 0 Å². The standard InChI is InChI=1S/C6H11N3O/c1-10-3-2-9-5-6(7)4-8-9/h4-5H,2-3,7H2,1H3. The van der Waals surface area contributed by atoms with Gasteiger partial charge in [0.05, 0.1) is 25.0 Å². The van der Waals surface area contributed by atoms with Crippen LogP contribution in [-0.2, 0) is 11.3 Å². The highest BCUT2D eigenvalue weighted by molar-refractivity contribution is 5.30. The third kappa shape index (κ3) is 1.73. The normalized spacial score (nSPS) is 10.1. The Hall–Kier alpha value is -1.03. The van der Waals surface area contributed by atoms with E-state index in [1.165, 1.54) is 0 Å². The Morgan fingerprint density at radius 3 is 3.10 bits per heavy atom. The van der Waals surface area contributed by atoms with E-state index in [0.717, 1.165) is 6.54 Å². The molecule has 0 unspecified atom stereocenters. The van der Waals surface area contributed by atoms with Crippen LogP contribution in [0.4, 0.5) is 5.69 Å². The molecule has 10 heavy (non-hydrogen) atoms. The molecular weight excluding hydrogens is 130 g/mol. The van der Waals surface area contributed by atoms with E-state index in [1.807, 2.05) is 0 Å². The average molecular weight is 141 g/mol. The molecule has 0 amide bonds. The van der Waals surface area contributed by atoms with E-state index >= 15 is 0 Å². The van der Waals surface area contributed by atoms with Gasteiger partial charge in [-0.2, -0.15) is 5.10 Å². The first-order valence-corrected chi connectivity index (χ1v) is 3.10. The SMILES string of the molecule is COCCn1cc(N)cn1. The lowest BCUT2D eigenvalue weighted by molar-refractivity contribution is 0.183. The highest BCUT2D eigenvalue weighted by Gasteiger charge is 1.91. The van der Waals surface area contributed by atoms with Crippen LogP contribution in [0.25, 0.3) is 0 Å². The summed E-state index contributed by atoms with van der Waals surface area (Å²) in [5.41, 5.74) is 6.12. The second-order valence-corrected chi connectivity index (χ2v) is 2.03. The van der Waals surface area contributed by atoms with Gasteiger partial charge in [0.25, 0.3) is 0 Å². The molecule has 2 N–H and O–H groups in total. The van der Waals surface area contributed by atoms with Crippen molar-refractivity contribution in [2.75, 3.05) is 19.5 Å². The summed E-state index contributed by atoms with van der Waals surface area (Å²) in [4.78, 5) is 0. The summed E-state index contributed by atoms with van der Waals surface area (Å²) in [6, 6.07) is 0. The second kappa shape index (κ2) is 3.22. The molecule has 4 heteroatoms. The zero-order chi connectivity index (χ0) is 7.40. The van der Waals surface area contributed by atoms with E-state index in [0.29, 0.717) is 12.3 Å². The van der Waals surface area contributed by atoms with Gasteiger partial charge in [-0.05, 0) is 0 Å². The van der Waals surface area contributed by atoms with Crippen molar-refractivity contribution in [3.8, 4) is 0 Å². The predicted molar refractivity (Wildman–Crippen MR) is 38.5 cm³/mol. The molecule has 4 nitrogen and oxygen atoms in total. The van der Waals surface area contributed by atoms with Crippen LogP contribution in [0, 0.1) is 0 Å². The highest BCUT2D eigenvalue weighted by Crippen LogP contribution is 1.96. The number of nitrogens with zero attached hydrogens (tertiary/aromatic N) is 2. The van der Waals surface area contributed by atoms with Crippen molar-refractivity contribution in [3.63, 3.8) is 0 Å². The summed E-state index contributed by atoms with van der Waals surface area (Å²) in [5, 5.41) is 3.96. The molecule has 1 aromatic heterocycles. The maximum atomic E-state index is 5.43. The van der Waals surface area contributed by atoms with Crippen molar-refractivity contribution in [2.24, 2.45) is 0 Å². The van der Waals surface area contributed by atoms with Gasteiger partial charge in [-0.15, -0.1) is 0 Å². The molecule has 0 bridgehead atoms. The Kier molecular flexibility index (Phi) is 2.28. The minimum Gasteiger partial charge on any atom is -0.396 e. The van der Waals surface area contributed by atoms with Crippen LogP contribution in [0.5, 0.6) is 0 Å². The van der Waals surface area contributed by atoms with Crippen LogP contribution in [-0.4, -0.2) is 23.5 Å². The van der Waals surface area contributed by atoms with E-state index in [2.05, 4.69) is 5.10 Å². The fourth-order valence-electron chi connectivity index (χ4n) is 0.687. The molecule has 0 radical (unpaired) electrons. The van der Waals surface area contributed by atoms with Gasteiger partial charge in [-0.1, -0.05) is 0 Å². The molecule has 0 aliphatic carbocycles. The molecule has 0 aliphatic heterocycles. The number of hydrogen-bond donors (Lipinski definition) is 1. The molecule has 0 aromatic carbocycles. The quantitative estimate of drug-likeness (QED) is 0.650. The van der Waals surface area contributed by atoms with Crippen molar-refractivity contribution in [1.82, 2.24) is 9.78 Å². The highest BCUT2D eigenvalue weighted by atomic mass is 16.5. The second-order valence-electron chi connectivity index (χ2n) is 2.03. The Labute approximate surface area is 59.6 Å². The zero-order valence-electron chi connectivity index (χ0n) is 5.95. The van der Waals surface area contributed by atoms with Gasteiger partial charge in [0.15, 0.2) is 0 Å². The van der Waals surface area contributed by atoms with Crippen LogP contribution in [0.3, 0.4) is 0 Å². The van der Waals surface area contributed by atoms with Gasteiger partial charge in [0, 0.05) is 13.3 Å². The Bertz CT molecular complexity index is 197. The summed E-state index contributed by atoms with van der Waals surface area (Å²) in [6.07, 6.45) is 3.40. The summed E-state index contributed by atoms with van der Waals surface area (Å²) in [7, 11) is 1.66. The van der Waals surface area contributed by atoms with Gasteiger partial charge in [0.1, 0.15) is 0 Å². The van der Waals surface area contributed by atoms with Crippen LogP contribution >= 0.6 is 0 Å². The lowest BCUT2D eigenvalue weighted by atomic mass is 10.6. The predicted octanol–water partition coefficient (Wildman–Crippen LogP) is 0.112. The van der Waals surface area contributed by atoms with E-state index in [4.69, 9.17) is 10.5 Å². The number of nitrogen functional groups attached to an aromatic ring is 1. The number of anilines is 1. The minimum atomic E-state index is 0.668. The number of methoxy groups -OCH3 is 1. The fourth-order valence-corrected chi connectivity index (χ4v) is 0.687. The summed E-state index contributed by atoms with van der Waals surface area (Å²) >= 11 is 0. The first-order chi connectivity index (χ1) is 4.83. The van der Waals surface area contributed by atoms with Gasteiger partial charge in [0.2, 0.25) is 0 Å². The molecule has 0 saturated heterocycles. The molecule has 0 fully saturated rings. The number of nitrogens with two attached hydrogens (primary N) is 1. The molecule has 1 heterocycles. The van der Waals surface area contributed by atoms with Crippen molar-refractivity contribution in [2.45, 2.75) is 6.54 Å². The van der Waals surface area contributed by atoms with Crippen molar-refractivity contribution >= 4 is 5.69 Å². The molecule has 1 aromatic rings. The third-order valence-corrected chi connectivity index (χ3v) is 1.18. The summed E-state index contributed by atoms with van der Waals surface area (Å²) in [5.74, 6) is 0. The molecule has 0 saturated carbocycles. The monoisotopic (exact) mass is 141 g/mol. The number of rotatable bonds is 3. The summed E-state index contributed by atoms with van der Waals surface area (Å²) < 4.78 is 6.60. The zero-order valence-corrected chi connectivity index (χ0v) is 5.95. The van der Waals surface area contributed by atoms with Crippen LogP contribution < -0.4 is 5.73 Å². The van der Waals surface area contributed by atoms with Crippen molar-refractivity contribution in [3.05, 3.63) is 12.4 Å². The lowest BCUT2D eigenvalue weighted by Crippen LogP contribution is -2.03. The Morgan fingerprint density at radius 2 is 2.60 bits per heavy atom. The molecule has 1 rings (SSSR count). The first-order valence-electron chi connectivity index (χ1n) is 3.10. The number of hydrogen-bond acceptors (Lipinski definition) is 3. The van der Waals surface area contributed by atoms with Crippen molar-refractivity contribution < 1.29 is 4.74 Å². The molecule has 0 spiro atoms. The van der Waals surface area contributed by atoms with E-state index in [9.17, 15) is 0 Å². The lowest BCUT2D eigenvalue weighted by Gasteiger charge is -1.97. The Morgan fingerprint density at radius 1 is 1.80 bits per heavy atom. The average Bonchev–Trinajstić information content (AvgIpc) is 2.31. The number of aromatic nitrogens is 2. The van der Waals surface area contributed by atoms with Crippen LogP contribution in [0.1, 0.15) is 0 Å².